The van der Waals surface area contributed by atoms with Crippen LogP contribution in [0.15, 0.2) is 35.2 Å². The van der Waals surface area contributed by atoms with Gasteiger partial charge in [0.1, 0.15) is 0 Å². The van der Waals surface area contributed by atoms with Crippen LogP contribution in [0, 0.1) is 0 Å². The van der Waals surface area contributed by atoms with E-state index in [0.29, 0.717) is 6.42 Å². The topological polar surface area (TPSA) is 78.9 Å². The molecule has 0 N–H and O–H groups in total. The third kappa shape index (κ3) is 4.83. The summed E-state index contributed by atoms with van der Waals surface area (Å²) in [4.78, 5) is -0.170. The molecular weight excluding hydrogens is 410 g/mol. The van der Waals surface area contributed by atoms with Crippen molar-refractivity contribution in [2.45, 2.75) is 34.0 Å². The van der Waals surface area contributed by atoms with Crippen molar-refractivity contribution in [2.24, 2.45) is 0 Å². The van der Waals surface area contributed by atoms with Gasteiger partial charge in [0.15, 0.2) is 0 Å². The first-order valence-corrected chi connectivity index (χ1v) is 10.7. The summed E-state index contributed by atoms with van der Waals surface area (Å²) in [7, 11) is -8.45. The molecule has 1 aliphatic heterocycles. The number of hydrogen-bond donors (Lipinski definition) is 0. The Morgan fingerprint density at radius 2 is 1.91 bits per heavy atom. The number of alkyl halides is 3. The van der Waals surface area contributed by atoms with Crippen molar-refractivity contribution in [2.75, 3.05) is 6.61 Å². The molecule has 1 fully saturated rings. The van der Waals surface area contributed by atoms with E-state index in [9.17, 15) is 13.0 Å². The lowest BCUT2D eigenvalue weighted by Gasteiger charge is -2.35. The maximum atomic E-state index is 12.8. The highest BCUT2D eigenvalue weighted by atomic mass is 35.6. The first-order chi connectivity index (χ1) is 10.5. The normalized spacial score (nSPS) is 27.6. The lowest BCUT2D eigenvalue weighted by atomic mass is 10.3. The predicted molar refractivity (Wildman–Crippen MR) is 87.5 cm³/mol. The zero-order valence-corrected chi connectivity index (χ0v) is 15.9. The van der Waals surface area contributed by atoms with Gasteiger partial charge in [-0.25, -0.2) is 4.18 Å². The fourth-order valence-corrected chi connectivity index (χ4v) is 6.60. The van der Waals surface area contributed by atoms with E-state index in [4.69, 9.17) is 48.0 Å². The highest BCUT2D eigenvalue weighted by Crippen LogP contribution is 2.63. The number of benzene rings is 1. The Morgan fingerprint density at radius 3 is 2.43 bits per heavy atom. The first-order valence-electron chi connectivity index (χ1n) is 6.52. The molecule has 3 atom stereocenters. The zero-order chi connectivity index (χ0) is 17.3. The van der Waals surface area contributed by atoms with Crippen LogP contribution in [0.1, 0.15) is 13.3 Å². The van der Waals surface area contributed by atoms with Gasteiger partial charge in [0.25, 0.3) is 10.1 Å². The quantitative estimate of drug-likeness (QED) is 0.412. The molecule has 0 unspecified atom stereocenters. The lowest BCUT2D eigenvalue weighted by Crippen LogP contribution is -2.35. The molecule has 23 heavy (non-hydrogen) atoms. The molecule has 0 bridgehead atoms. The van der Waals surface area contributed by atoms with E-state index in [1.54, 1.807) is 13.0 Å². The van der Waals surface area contributed by atoms with Gasteiger partial charge in [-0.2, -0.15) is 8.42 Å². The highest BCUT2D eigenvalue weighted by Gasteiger charge is 2.54. The maximum Gasteiger partial charge on any atom is 0.365 e. The molecule has 2 rings (SSSR count). The summed E-state index contributed by atoms with van der Waals surface area (Å²) >= 11 is 17.3. The van der Waals surface area contributed by atoms with Crippen LogP contribution in [-0.4, -0.2) is 30.8 Å². The van der Waals surface area contributed by atoms with Gasteiger partial charge in [-0.05, 0) is 25.5 Å². The summed E-state index contributed by atoms with van der Waals surface area (Å²) in [5.41, 5.74) is 0. The number of halogens is 3. The summed E-state index contributed by atoms with van der Waals surface area (Å²) in [5, 5.41) is 0. The SMILES string of the molecule is C[C@@H]1CCO[P@](=O)([C@H](OS(=O)(=O)c2ccccc2)C(Cl)(Cl)Cl)O1. The fourth-order valence-electron chi connectivity index (χ4n) is 1.85. The van der Waals surface area contributed by atoms with Crippen molar-refractivity contribution in [1.29, 1.82) is 0 Å². The van der Waals surface area contributed by atoms with E-state index >= 15 is 0 Å². The smallest absolute Gasteiger partial charge is 0.307 e. The summed E-state index contributed by atoms with van der Waals surface area (Å²) < 4.78 is 50.4. The number of hydrogen-bond acceptors (Lipinski definition) is 6. The molecule has 6 nitrogen and oxygen atoms in total. The molecule has 1 aliphatic rings. The van der Waals surface area contributed by atoms with Crippen LogP contribution in [0.5, 0.6) is 0 Å². The molecule has 11 heteroatoms. The molecule has 0 saturated carbocycles. The first kappa shape index (κ1) is 19.5. The Hall–Kier alpha value is 0.150. The summed E-state index contributed by atoms with van der Waals surface area (Å²) in [6.07, 6.45) is 0.0228. The third-order valence-electron chi connectivity index (χ3n) is 2.94. The Bertz CT molecular complexity index is 690. The van der Waals surface area contributed by atoms with Crippen molar-refractivity contribution >= 4 is 52.5 Å². The predicted octanol–water partition coefficient (Wildman–Crippen LogP) is 4.11. The average molecular weight is 424 g/mol. The molecule has 0 spiro atoms. The second kappa shape index (κ2) is 7.18. The minimum atomic E-state index is -4.33. The Labute approximate surface area is 149 Å². The van der Waals surface area contributed by atoms with Crippen molar-refractivity contribution in [1.82, 2.24) is 0 Å². The van der Waals surface area contributed by atoms with Gasteiger partial charge in [0, 0.05) is 0 Å². The molecule has 1 saturated heterocycles. The minimum Gasteiger partial charge on any atom is -0.307 e. The van der Waals surface area contributed by atoms with Crippen LogP contribution >= 0.6 is 42.4 Å². The van der Waals surface area contributed by atoms with E-state index in [-0.39, 0.29) is 11.5 Å². The molecule has 1 aromatic rings. The molecule has 0 aliphatic carbocycles. The largest absolute Gasteiger partial charge is 0.365 e. The molecule has 1 aromatic carbocycles. The van der Waals surface area contributed by atoms with Gasteiger partial charge >= 0.3 is 7.60 Å². The van der Waals surface area contributed by atoms with Crippen LogP contribution in [-0.2, 0) is 27.9 Å². The van der Waals surface area contributed by atoms with E-state index < -0.39 is 33.5 Å². The van der Waals surface area contributed by atoms with Crippen molar-refractivity contribution in [3.63, 3.8) is 0 Å². The maximum absolute atomic E-state index is 12.8. The summed E-state index contributed by atoms with van der Waals surface area (Å²) in [6.45, 7) is 1.72. The monoisotopic (exact) mass is 422 g/mol. The Kier molecular flexibility index (Phi) is 6.08. The van der Waals surface area contributed by atoms with Gasteiger partial charge in [-0.1, -0.05) is 53.0 Å². The Morgan fingerprint density at radius 1 is 1.30 bits per heavy atom. The second-order valence-corrected chi connectivity index (χ2v) is 10.8. The van der Waals surface area contributed by atoms with Gasteiger partial charge in [-0.3, -0.25) is 4.57 Å². The van der Waals surface area contributed by atoms with Gasteiger partial charge in [0.05, 0.1) is 17.6 Å². The van der Waals surface area contributed by atoms with E-state index in [1.165, 1.54) is 24.3 Å². The Balaban J connectivity index is 2.36. The zero-order valence-electron chi connectivity index (χ0n) is 11.9. The van der Waals surface area contributed by atoms with Crippen molar-refractivity contribution in [3.05, 3.63) is 30.3 Å². The molecule has 1 heterocycles. The van der Waals surface area contributed by atoms with Crippen LogP contribution in [0.2, 0.25) is 0 Å². The average Bonchev–Trinajstić information content (AvgIpc) is 2.44. The number of rotatable bonds is 4. The van der Waals surface area contributed by atoms with Gasteiger partial charge < -0.3 is 9.05 Å². The van der Waals surface area contributed by atoms with Crippen molar-refractivity contribution < 1.29 is 26.2 Å². The summed E-state index contributed by atoms with van der Waals surface area (Å²) in [5.74, 6) is -1.92. The van der Waals surface area contributed by atoms with E-state index in [2.05, 4.69) is 0 Å². The van der Waals surface area contributed by atoms with Crippen LogP contribution in [0.3, 0.4) is 0 Å². The summed E-state index contributed by atoms with van der Waals surface area (Å²) in [6, 6.07) is 7.22. The lowest BCUT2D eigenvalue weighted by molar-refractivity contribution is 0.0699. The van der Waals surface area contributed by atoms with Crippen molar-refractivity contribution in [3.8, 4) is 0 Å². The second-order valence-electron chi connectivity index (χ2n) is 4.84. The van der Waals surface area contributed by atoms with E-state index in [0.717, 1.165) is 0 Å². The molecule has 130 valence electrons. The fraction of sp³-hybridized carbons (Fsp3) is 0.500. The highest BCUT2D eigenvalue weighted by molar-refractivity contribution is 7.87. The van der Waals surface area contributed by atoms with Gasteiger partial charge in [0.2, 0.25) is 9.64 Å². The molecule has 0 aromatic heterocycles. The van der Waals surface area contributed by atoms with Gasteiger partial charge in [-0.15, -0.1) is 0 Å². The minimum absolute atomic E-state index is 0.0738. The van der Waals surface area contributed by atoms with Crippen LogP contribution < -0.4 is 0 Å². The standard InChI is InChI=1S/C12H14Cl3O6PS/c1-9-7-8-19-22(16,20-9)11(12(13,14)15)21-23(17,18)10-5-3-2-4-6-10/h2-6,9,11H,7-8H2,1H3/t9-,11+,22-/m1/s1. The molecular formula is C12H14Cl3O6PS. The van der Waals surface area contributed by atoms with Crippen LogP contribution in [0.25, 0.3) is 0 Å². The third-order valence-corrected chi connectivity index (χ3v) is 7.69. The van der Waals surface area contributed by atoms with E-state index in [1.807, 2.05) is 0 Å². The molecule has 0 radical (unpaired) electrons. The van der Waals surface area contributed by atoms with Crippen LogP contribution in [0.4, 0.5) is 0 Å². The molecule has 0 amide bonds.